The molecule has 0 fully saturated rings. The van der Waals surface area contributed by atoms with Crippen LogP contribution in [0.1, 0.15) is 26.2 Å². The summed E-state index contributed by atoms with van der Waals surface area (Å²) >= 11 is 0. The van der Waals surface area contributed by atoms with Gasteiger partial charge in [0.1, 0.15) is 13.0 Å². The highest BCUT2D eigenvalue weighted by atomic mass is 79.9. The molecule has 76 valence electrons. The molecule has 1 heterocycles. The van der Waals surface area contributed by atoms with Crippen LogP contribution in [0.3, 0.4) is 0 Å². The number of rotatable bonds is 3. The van der Waals surface area contributed by atoms with E-state index in [2.05, 4.69) is 12.0 Å². The van der Waals surface area contributed by atoms with Crippen LogP contribution in [0, 0.1) is 0 Å². The fourth-order valence-electron chi connectivity index (χ4n) is 1.06. The number of hydrogen-bond acceptors (Lipinski definition) is 3. The number of carbonyl (C=O) groups excluding carboxylic acids is 1. The fourth-order valence-corrected chi connectivity index (χ4v) is 1.06. The van der Waals surface area contributed by atoms with E-state index in [0.717, 1.165) is 12.8 Å². The Morgan fingerprint density at radius 1 is 1.62 bits per heavy atom. The maximum absolute atomic E-state index is 11.4. The summed E-state index contributed by atoms with van der Waals surface area (Å²) < 4.78 is 0. The maximum atomic E-state index is 11.4. The molecule has 0 aliphatic carbocycles. The Morgan fingerprint density at radius 2 is 2.31 bits per heavy atom. The number of hydrazone groups is 1. The molecule has 0 radical (unpaired) electrons. The van der Waals surface area contributed by atoms with E-state index in [4.69, 9.17) is 0 Å². The molecule has 13 heavy (non-hydrogen) atoms. The summed E-state index contributed by atoms with van der Waals surface area (Å²) in [5, 5.41) is 5.70. The largest absolute Gasteiger partial charge is 0.281 e. The molecule has 4 nitrogen and oxygen atoms in total. The monoisotopic (exact) mass is 249 g/mol. The van der Waals surface area contributed by atoms with Crippen molar-refractivity contribution in [1.29, 1.82) is 0 Å². The Balaban J connectivity index is 0.00000144. The highest BCUT2D eigenvalue weighted by Crippen LogP contribution is 2.04. The minimum Gasteiger partial charge on any atom is -0.281 e. The summed E-state index contributed by atoms with van der Waals surface area (Å²) in [6.07, 6.45) is 4.26. The predicted molar refractivity (Wildman–Crippen MR) is 57.8 cm³/mol. The van der Waals surface area contributed by atoms with E-state index in [1.165, 1.54) is 0 Å². The number of unbranched alkanes of at least 4 members (excludes halogenated alkanes) is 1. The van der Waals surface area contributed by atoms with E-state index < -0.39 is 0 Å². The minimum absolute atomic E-state index is 0. The van der Waals surface area contributed by atoms with Crippen LogP contribution in [0.15, 0.2) is 5.10 Å². The van der Waals surface area contributed by atoms with Crippen LogP contribution in [-0.4, -0.2) is 35.9 Å². The first-order valence-electron chi connectivity index (χ1n) is 4.28. The van der Waals surface area contributed by atoms with Gasteiger partial charge in [-0.05, 0) is 6.42 Å². The predicted octanol–water partition coefficient (Wildman–Crippen LogP) is 1.43. The average Bonchev–Trinajstić information content (AvgIpc) is 2.47. The zero-order valence-electron chi connectivity index (χ0n) is 8.06. The number of hydrogen-bond donors (Lipinski definition) is 0. The van der Waals surface area contributed by atoms with E-state index in [-0.39, 0.29) is 22.9 Å². The first kappa shape index (κ1) is 12.4. The van der Waals surface area contributed by atoms with E-state index in [1.807, 2.05) is 7.05 Å². The molecular formula is C8H16BrN3O. The van der Waals surface area contributed by atoms with Crippen LogP contribution in [0.5, 0.6) is 0 Å². The Morgan fingerprint density at radius 3 is 2.77 bits per heavy atom. The second kappa shape index (κ2) is 5.96. The van der Waals surface area contributed by atoms with Gasteiger partial charge in [0.15, 0.2) is 0 Å². The molecule has 0 N–H and O–H groups in total. The van der Waals surface area contributed by atoms with Gasteiger partial charge in [0.25, 0.3) is 0 Å². The van der Waals surface area contributed by atoms with Crippen molar-refractivity contribution in [2.45, 2.75) is 26.2 Å². The van der Waals surface area contributed by atoms with E-state index >= 15 is 0 Å². The molecule has 0 saturated carbocycles. The number of nitrogens with zero attached hydrogens (tertiary/aromatic N) is 3. The van der Waals surface area contributed by atoms with E-state index in [1.54, 1.807) is 16.2 Å². The van der Waals surface area contributed by atoms with Crippen LogP contribution in [0.25, 0.3) is 0 Å². The van der Waals surface area contributed by atoms with Crippen LogP contribution < -0.4 is 0 Å². The van der Waals surface area contributed by atoms with Gasteiger partial charge >= 0.3 is 0 Å². The Labute approximate surface area is 89.3 Å². The van der Waals surface area contributed by atoms with Crippen molar-refractivity contribution >= 4 is 29.2 Å². The van der Waals surface area contributed by atoms with Gasteiger partial charge in [0.05, 0.1) is 0 Å². The maximum Gasteiger partial charge on any atom is 0.229 e. The molecule has 0 spiro atoms. The van der Waals surface area contributed by atoms with Gasteiger partial charge in [-0.2, -0.15) is 5.10 Å². The summed E-state index contributed by atoms with van der Waals surface area (Å²) in [7, 11) is 1.85. The summed E-state index contributed by atoms with van der Waals surface area (Å²) in [5.74, 6) is 0.171. The van der Waals surface area contributed by atoms with Gasteiger partial charge in [0, 0.05) is 13.5 Å². The van der Waals surface area contributed by atoms with Crippen molar-refractivity contribution in [2.75, 3.05) is 13.7 Å². The van der Waals surface area contributed by atoms with Crippen LogP contribution in [0.2, 0.25) is 0 Å². The summed E-state index contributed by atoms with van der Waals surface area (Å²) in [5.41, 5.74) is 0. The van der Waals surface area contributed by atoms with Crippen molar-refractivity contribution in [1.82, 2.24) is 9.91 Å². The van der Waals surface area contributed by atoms with Crippen LogP contribution in [-0.2, 0) is 4.79 Å². The van der Waals surface area contributed by atoms with Crippen LogP contribution in [0.4, 0.5) is 0 Å². The van der Waals surface area contributed by atoms with Crippen molar-refractivity contribution in [3.8, 4) is 0 Å². The smallest absolute Gasteiger partial charge is 0.229 e. The fraction of sp³-hybridized carbons (Fsp3) is 0.750. The highest BCUT2D eigenvalue weighted by Gasteiger charge is 2.16. The Hall–Kier alpha value is -0.580. The lowest BCUT2D eigenvalue weighted by molar-refractivity contribution is -0.127. The second-order valence-electron chi connectivity index (χ2n) is 3.00. The molecule has 0 atom stereocenters. The van der Waals surface area contributed by atoms with Crippen molar-refractivity contribution in [3.63, 3.8) is 0 Å². The topological polar surface area (TPSA) is 35.9 Å². The molecule has 1 rings (SSSR count). The molecule has 0 aromatic rings. The van der Waals surface area contributed by atoms with Crippen molar-refractivity contribution in [3.05, 3.63) is 0 Å². The first-order valence-corrected chi connectivity index (χ1v) is 4.28. The quantitative estimate of drug-likeness (QED) is 0.759. The number of amides is 1. The lowest BCUT2D eigenvalue weighted by Crippen LogP contribution is -2.30. The SMILES string of the molecule is Br.CCCCC(=O)N1C=NN(C)C1. The molecule has 0 aromatic carbocycles. The average molecular weight is 250 g/mol. The van der Waals surface area contributed by atoms with E-state index in [9.17, 15) is 4.79 Å². The van der Waals surface area contributed by atoms with E-state index in [0.29, 0.717) is 13.1 Å². The molecule has 1 aliphatic heterocycles. The normalized spacial score (nSPS) is 14.6. The first-order chi connectivity index (χ1) is 5.74. The lowest BCUT2D eigenvalue weighted by atomic mass is 10.2. The van der Waals surface area contributed by atoms with Gasteiger partial charge < -0.3 is 0 Å². The Kier molecular flexibility index (Phi) is 5.70. The van der Waals surface area contributed by atoms with Crippen molar-refractivity contribution in [2.24, 2.45) is 5.10 Å². The molecule has 0 saturated heterocycles. The highest BCUT2D eigenvalue weighted by molar-refractivity contribution is 8.93. The Bertz CT molecular complexity index is 196. The molecule has 1 aliphatic rings. The molecule has 0 unspecified atom stereocenters. The second-order valence-corrected chi connectivity index (χ2v) is 3.00. The van der Waals surface area contributed by atoms with Gasteiger partial charge in [0.2, 0.25) is 5.91 Å². The van der Waals surface area contributed by atoms with Gasteiger partial charge in [-0.15, -0.1) is 17.0 Å². The van der Waals surface area contributed by atoms with Crippen molar-refractivity contribution < 1.29 is 4.79 Å². The third-order valence-electron chi connectivity index (χ3n) is 1.81. The van der Waals surface area contributed by atoms with Gasteiger partial charge in [-0.1, -0.05) is 13.3 Å². The molecular weight excluding hydrogens is 234 g/mol. The zero-order chi connectivity index (χ0) is 8.97. The third kappa shape index (κ3) is 3.76. The molecule has 0 aromatic heterocycles. The zero-order valence-corrected chi connectivity index (χ0v) is 9.78. The molecule has 1 amide bonds. The van der Waals surface area contributed by atoms with Gasteiger partial charge in [-0.3, -0.25) is 14.7 Å². The summed E-state index contributed by atoms with van der Waals surface area (Å²) in [6, 6.07) is 0. The van der Waals surface area contributed by atoms with Gasteiger partial charge in [-0.25, -0.2) is 0 Å². The number of carbonyl (C=O) groups is 1. The molecule has 0 bridgehead atoms. The molecule has 5 heteroatoms. The number of halogens is 1. The minimum atomic E-state index is 0. The van der Waals surface area contributed by atoms with Crippen LogP contribution >= 0.6 is 17.0 Å². The lowest BCUT2D eigenvalue weighted by Gasteiger charge is -2.13. The standard InChI is InChI=1S/C8H15N3O.BrH/c1-3-4-5-8(12)11-6-9-10(2)7-11;/h6H,3-5,7H2,1-2H3;1H. The summed E-state index contributed by atoms with van der Waals surface area (Å²) in [6.45, 7) is 2.68. The summed E-state index contributed by atoms with van der Waals surface area (Å²) in [4.78, 5) is 13.0. The third-order valence-corrected chi connectivity index (χ3v) is 1.81.